The standard InChI is InChI=1S/C24H35NO3S/c1-18(2)23-17-25(29(27,28)22-14-12-19(3)13-15-22)16-21(23)10-7-11-24(26)20-8-5-4-6-9-20/h7,10,12-15,20-21,24,26H,4-6,8-9,11,16-17H2,1-3H3/b10-7+/t21-,24+/m1/s1. The molecule has 2 fully saturated rings. The molecule has 29 heavy (non-hydrogen) atoms. The Morgan fingerprint density at radius 1 is 1.17 bits per heavy atom. The van der Waals surface area contributed by atoms with Crippen molar-refractivity contribution in [3.05, 3.63) is 53.1 Å². The largest absolute Gasteiger partial charge is 0.393 e. The van der Waals surface area contributed by atoms with Crippen LogP contribution in [0.4, 0.5) is 0 Å². The van der Waals surface area contributed by atoms with Gasteiger partial charge in [0.2, 0.25) is 10.0 Å². The third-order valence-corrected chi connectivity index (χ3v) is 8.26. The molecule has 5 heteroatoms. The van der Waals surface area contributed by atoms with Crippen molar-refractivity contribution in [2.24, 2.45) is 11.8 Å². The van der Waals surface area contributed by atoms with Gasteiger partial charge in [-0.1, -0.05) is 54.7 Å². The Balaban J connectivity index is 1.69. The van der Waals surface area contributed by atoms with E-state index in [2.05, 4.69) is 26.0 Å². The van der Waals surface area contributed by atoms with Gasteiger partial charge in [-0.3, -0.25) is 0 Å². The Kier molecular flexibility index (Phi) is 7.36. The van der Waals surface area contributed by atoms with Gasteiger partial charge in [0.1, 0.15) is 0 Å². The number of aliphatic hydroxyl groups excluding tert-OH is 1. The van der Waals surface area contributed by atoms with E-state index in [0.717, 1.165) is 18.4 Å². The molecule has 2 atom stereocenters. The van der Waals surface area contributed by atoms with Crippen LogP contribution in [0, 0.1) is 18.8 Å². The van der Waals surface area contributed by atoms with Crippen LogP contribution in [0.3, 0.4) is 0 Å². The van der Waals surface area contributed by atoms with Gasteiger partial charge in [0.25, 0.3) is 0 Å². The van der Waals surface area contributed by atoms with Crippen LogP contribution >= 0.6 is 0 Å². The fourth-order valence-electron chi connectivity index (χ4n) is 4.54. The van der Waals surface area contributed by atoms with Gasteiger partial charge < -0.3 is 5.11 Å². The van der Waals surface area contributed by atoms with Crippen LogP contribution in [0.1, 0.15) is 57.9 Å². The van der Waals surface area contributed by atoms with Gasteiger partial charge >= 0.3 is 0 Å². The minimum atomic E-state index is -3.50. The van der Waals surface area contributed by atoms with Gasteiger partial charge in [-0.2, -0.15) is 4.31 Å². The zero-order valence-corrected chi connectivity index (χ0v) is 18.8. The van der Waals surface area contributed by atoms with Gasteiger partial charge in [0, 0.05) is 19.0 Å². The molecule has 160 valence electrons. The second-order valence-electron chi connectivity index (χ2n) is 8.87. The molecular formula is C24H35NO3S. The summed E-state index contributed by atoms with van der Waals surface area (Å²) in [6.07, 6.45) is 10.5. The van der Waals surface area contributed by atoms with Crippen LogP contribution in [0.15, 0.2) is 52.5 Å². The third kappa shape index (κ3) is 5.39. The summed E-state index contributed by atoms with van der Waals surface area (Å²) in [7, 11) is -3.50. The summed E-state index contributed by atoms with van der Waals surface area (Å²) in [5.41, 5.74) is 3.39. The van der Waals surface area contributed by atoms with Gasteiger partial charge in [-0.25, -0.2) is 8.42 Å². The monoisotopic (exact) mass is 417 g/mol. The summed E-state index contributed by atoms with van der Waals surface area (Å²) in [5.74, 6) is 0.497. The fourth-order valence-corrected chi connectivity index (χ4v) is 5.99. The van der Waals surface area contributed by atoms with Crippen molar-refractivity contribution in [3.63, 3.8) is 0 Å². The first-order valence-corrected chi connectivity index (χ1v) is 12.3. The highest BCUT2D eigenvalue weighted by Crippen LogP contribution is 2.32. The summed E-state index contributed by atoms with van der Waals surface area (Å²) in [5, 5.41) is 10.5. The van der Waals surface area contributed by atoms with Crippen molar-refractivity contribution in [3.8, 4) is 0 Å². The lowest BCUT2D eigenvalue weighted by molar-refractivity contribution is 0.0873. The Bertz CT molecular complexity index is 845. The number of allylic oxidation sites excluding steroid dienone is 1. The van der Waals surface area contributed by atoms with Gasteiger partial charge in [-0.15, -0.1) is 0 Å². The Morgan fingerprint density at radius 3 is 2.45 bits per heavy atom. The number of aliphatic hydroxyl groups is 1. The highest BCUT2D eigenvalue weighted by atomic mass is 32.2. The third-order valence-electron chi connectivity index (χ3n) is 6.44. The summed E-state index contributed by atoms with van der Waals surface area (Å²) in [4.78, 5) is 0.355. The molecule has 0 amide bonds. The van der Waals surface area contributed by atoms with Gasteiger partial charge in [0.05, 0.1) is 11.0 Å². The molecule has 1 N–H and O–H groups in total. The average molecular weight is 418 g/mol. The zero-order valence-electron chi connectivity index (χ0n) is 18.0. The fraction of sp³-hybridized carbons (Fsp3) is 0.583. The average Bonchev–Trinajstić information content (AvgIpc) is 3.14. The van der Waals surface area contributed by atoms with E-state index in [1.165, 1.54) is 30.4 Å². The predicted molar refractivity (Wildman–Crippen MR) is 118 cm³/mol. The number of aryl methyl sites for hydroxylation is 1. The van der Waals surface area contributed by atoms with E-state index in [1.807, 2.05) is 19.1 Å². The smallest absolute Gasteiger partial charge is 0.243 e. The normalized spacial score (nSPS) is 23.0. The van der Waals surface area contributed by atoms with Crippen LogP contribution in [0.25, 0.3) is 0 Å². The molecule has 1 aliphatic carbocycles. The second kappa shape index (κ2) is 9.59. The summed E-state index contributed by atoms with van der Waals surface area (Å²) in [6, 6.07) is 7.07. The summed E-state index contributed by atoms with van der Waals surface area (Å²) < 4.78 is 27.8. The molecule has 0 radical (unpaired) electrons. The van der Waals surface area contributed by atoms with E-state index < -0.39 is 10.0 Å². The van der Waals surface area contributed by atoms with E-state index in [1.54, 1.807) is 16.4 Å². The Hall–Kier alpha value is -1.43. The highest BCUT2D eigenvalue weighted by molar-refractivity contribution is 7.89. The van der Waals surface area contributed by atoms with Gasteiger partial charge in [-0.05, 0) is 63.7 Å². The van der Waals surface area contributed by atoms with Crippen molar-refractivity contribution < 1.29 is 13.5 Å². The molecule has 1 saturated heterocycles. The number of sulfonamides is 1. The molecule has 4 nitrogen and oxygen atoms in total. The van der Waals surface area contributed by atoms with Crippen LogP contribution < -0.4 is 0 Å². The molecule has 1 aliphatic heterocycles. The summed E-state index contributed by atoms with van der Waals surface area (Å²) in [6.45, 7) is 6.96. The molecular weight excluding hydrogens is 382 g/mol. The molecule has 1 aromatic carbocycles. The quantitative estimate of drug-likeness (QED) is 0.674. The molecule has 0 bridgehead atoms. The molecule has 0 aromatic heterocycles. The van der Waals surface area contributed by atoms with Crippen LogP contribution in [-0.4, -0.2) is 37.0 Å². The SMILES string of the molecule is CC(C)=C1CN(S(=O)(=O)c2ccc(C)cc2)C[C@H]1/C=C/C[C@H](O)C1CCCCC1. The second-order valence-corrected chi connectivity index (χ2v) is 10.8. The predicted octanol–water partition coefficient (Wildman–Crippen LogP) is 4.84. The number of hydrogen-bond donors (Lipinski definition) is 1. The van der Waals surface area contributed by atoms with E-state index in [-0.39, 0.29) is 12.0 Å². The van der Waals surface area contributed by atoms with Crippen LogP contribution in [-0.2, 0) is 10.0 Å². The van der Waals surface area contributed by atoms with E-state index >= 15 is 0 Å². The lowest BCUT2D eigenvalue weighted by Crippen LogP contribution is -2.28. The zero-order chi connectivity index (χ0) is 21.0. The molecule has 1 aromatic rings. The van der Waals surface area contributed by atoms with Gasteiger partial charge in [0.15, 0.2) is 0 Å². The molecule has 3 rings (SSSR count). The highest BCUT2D eigenvalue weighted by Gasteiger charge is 2.35. The van der Waals surface area contributed by atoms with E-state index in [0.29, 0.717) is 30.3 Å². The first kappa shape index (κ1) is 22.3. The van der Waals surface area contributed by atoms with Crippen molar-refractivity contribution >= 4 is 10.0 Å². The Morgan fingerprint density at radius 2 is 1.83 bits per heavy atom. The molecule has 0 unspecified atom stereocenters. The van der Waals surface area contributed by atoms with Crippen molar-refractivity contribution in [2.75, 3.05) is 13.1 Å². The first-order chi connectivity index (χ1) is 13.8. The summed E-state index contributed by atoms with van der Waals surface area (Å²) >= 11 is 0. The van der Waals surface area contributed by atoms with E-state index in [4.69, 9.17) is 0 Å². The Labute approximate surface area is 176 Å². The minimum Gasteiger partial charge on any atom is -0.393 e. The molecule has 0 spiro atoms. The van der Waals surface area contributed by atoms with Crippen molar-refractivity contribution in [1.29, 1.82) is 0 Å². The van der Waals surface area contributed by atoms with Crippen LogP contribution in [0.2, 0.25) is 0 Å². The number of nitrogens with zero attached hydrogens (tertiary/aromatic N) is 1. The first-order valence-electron chi connectivity index (χ1n) is 10.9. The maximum atomic E-state index is 13.1. The maximum absolute atomic E-state index is 13.1. The molecule has 1 saturated carbocycles. The number of rotatable bonds is 6. The lowest BCUT2D eigenvalue weighted by Gasteiger charge is -2.25. The van der Waals surface area contributed by atoms with E-state index in [9.17, 15) is 13.5 Å². The number of benzene rings is 1. The van der Waals surface area contributed by atoms with Crippen molar-refractivity contribution in [2.45, 2.75) is 70.3 Å². The maximum Gasteiger partial charge on any atom is 0.243 e. The molecule has 1 heterocycles. The number of hydrogen-bond acceptors (Lipinski definition) is 3. The minimum absolute atomic E-state index is 0.0822. The van der Waals surface area contributed by atoms with Crippen molar-refractivity contribution in [1.82, 2.24) is 4.31 Å². The topological polar surface area (TPSA) is 57.6 Å². The van der Waals surface area contributed by atoms with Crippen LogP contribution in [0.5, 0.6) is 0 Å². The lowest BCUT2D eigenvalue weighted by atomic mass is 9.84. The molecule has 2 aliphatic rings.